The number of esters is 1. The van der Waals surface area contributed by atoms with Crippen LogP contribution in [0.5, 0.6) is 0 Å². The number of rotatable bonds is 5. The topological polar surface area (TPSA) is 55.8 Å². The molecule has 1 aliphatic rings. The van der Waals surface area contributed by atoms with Crippen molar-refractivity contribution >= 4 is 12.1 Å². The van der Waals surface area contributed by atoms with E-state index in [9.17, 15) is 9.59 Å². The molecule has 0 saturated carbocycles. The quantitative estimate of drug-likeness (QED) is 0.569. The Kier molecular flexibility index (Phi) is 6.12. The second kappa shape index (κ2) is 7.36. The average molecular weight is 271 g/mol. The molecular weight excluding hydrogens is 246 g/mol. The van der Waals surface area contributed by atoms with E-state index < -0.39 is 5.41 Å². The number of likely N-dealkylation sites (tertiary alicyclic amines) is 1. The molecule has 1 aliphatic heterocycles. The first kappa shape index (κ1) is 15.8. The zero-order valence-electron chi connectivity index (χ0n) is 12.2. The standard InChI is InChI=1S/C14H25NO4/c1-4-6-11-19-13(17)15-9-7-14(3,8-10-15)12(16)18-5-2/h4-11H2,1-3H3. The normalized spacial score (nSPS) is 17.9. The van der Waals surface area contributed by atoms with Crippen LogP contribution in [0.25, 0.3) is 0 Å². The zero-order chi connectivity index (χ0) is 14.3. The first-order valence-corrected chi connectivity index (χ1v) is 7.12. The molecule has 5 heteroatoms. The van der Waals surface area contributed by atoms with Gasteiger partial charge in [-0.3, -0.25) is 4.79 Å². The number of unbranched alkanes of at least 4 members (excludes halogenated alkanes) is 1. The summed E-state index contributed by atoms with van der Waals surface area (Å²) in [6.07, 6.45) is 2.90. The maximum absolute atomic E-state index is 11.9. The summed E-state index contributed by atoms with van der Waals surface area (Å²) >= 11 is 0. The number of hydrogen-bond acceptors (Lipinski definition) is 4. The summed E-state index contributed by atoms with van der Waals surface area (Å²) in [5.74, 6) is -0.158. The Labute approximate surface area is 115 Å². The number of ether oxygens (including phenoxy) is 2. The SMILES string of the molecule is CCCCOC(=O)N1CCC(C)(C(=O)OCC)CC1. The van der Waals surface area contributed by atoms with E-state index in [0.717, 1.165) is 12.8 Å². The second-order valence-electron chi connectivity index (χ2n) is 5.24. The zero-order valence-corrected chi connectivity index (χ0v) is 12.2. The molecule has 110 valence electrons. The van der Waals surface area contributed by atoms with Crippen LogP contribution in [0.2, 0.25) is 0 Å². The van der Waals surface area contributed by atoms with Gasteiger partial charge in [-0.2, -0.15) is 0 Å². The third kappa shape index (κ3) is 4.40. The fraction of sp³-hybridized carbons (Fsp3) is 0.857. The van der Waals surface area contributed by atoms with Crippen molar-refractivity contribution in [2.75, 3.05) is 26.3 Å². The largest absolute Gasteiger partial charge is 0.466 e. The molecule has 0 spiro atoms. The van der Waals surface area contributed by atoms with E-state index in [1.807, 2.05) is 13.8 Å². The van der Waals surface area contributed by atoms with Gasteiger partial charge in [-0.05, 0) is 33.1 Å². The van der Waals surface area contributed by atoms with Crippen LogP contribution in [0.15, 0.2) is 0 Å². The highest BCUT2D eigenvalue weighted by atomic mass is 16.6. The van der Waals surface area contributed by atoms with E-state index in [4.69, 9.17) is 9.47 Å². The molecule has 0 atom stereocenters. The van der Waals surface area contributed by atoms with Crippen LogP contribution >= 0.6 is 0 Å². The predicted molar refractivity (Wildman–Crippen MR) is 71.8 cm³/mol. The van der Waals surface area contributed by atoms with Gasteiger partial charge in [-0.25, -0.2) is 4.79 Å². The van der Waals surface area contributed by atoms with E-state index in [1.165, 1.54) is 0 Å². The lowest BCUT2D eigenvalue weighted by atomic mass is 9.80. The Morgan fingerprint density at radius 2 is 1.79 bits per heavy atom. The van der Waals surface area contributed by atoms with Crippen LogP contribution in [0.3, 0.4) is 0 Å². The summed E-state index contributed by atoms with van der Waals surface area (Å²) in [5.41, 5.74) is -0.462. The van der Waals surface area contributed by atoms with Crippen LogP contribution in [-0.4, -0.2) is 43.3 Å². The van der Waals surface area contributed by atoms with Crippen molar-refractivity contribution in [2.45, 2.75) is 46.5 Å². The van der Waals surface area contributed by atoms with Crippen LogP contribution in [0.1, 0.15) is 46.5 Å². The molecule has 19 heavy (non-hydrogen) atoms. The Hall–Kier alpha value is -1.26. The van der Waals surface area contributed by atoms with Crippen molar-refractivity contribution in [1.29, 1.82) is 0 Å². The fourth-order valence-electron chi connectivity index (χ4n) is 2.09. The summed E-state index contributed by atoms with van der Waals surface area (Å²) in [4.78, 5) is 25.3. The number of hydrogen-bond donors (Lipinski definition) is 0. The van der Waals surface area contributed by atoms with Gasteiger partial charge in [0.1, 0.15) is 0 Å². The molecule has 0 aromatic heterocycles. The summed E-state index contributed by atoms with van der Waals surface area (Å²) < 4.78 is 10.3. The van der Waals surface area contributed by atoms with Gasteiger partial charge in [0.25, 0.3) is 0 Å². The van der Waals surface area contributed by atoms with Gasteiger partial charge in [-0.1, -0.05) is 13.3 Å². The van der Waals surface area contributed by atoms with E-state index in [1.54, 1.807) is 4.90 Å². The minimum absolute atomic E-state index is 0.158. The van der Waals surface area contributed by atoms with Crippen LogP contribution in [0.4, 0.5) is 4.79 Å². The Morgan fingerprint density at radius 1 is 1.16 bits per heavy atom. The summed E-state index contributed by atoms with van der Waals surface area (Å²) in [6.45, 7) is 7.75. The highest BCUT2D eigenvalue weighted by Gasteiger charge is 2.39. The molecule has 0 bridgehead atoms. The molecule has 0 radical (unpaired) electrons. The molecule has 1 rings (SSSR count). The molecule has 1 fully saturated rings. The molecule has 1 heterocycles. The number of amides is 1. The van der Waals surface area contributed by atoms with Gasteiger partial charge < -0.3 is 14.4 Å². The molecule has 5 nitrogen and oxygen atoms in total. The van der Waals surface area contributed by atoms with Crippen molar-refractivity contribution in [2.24, 2.45) is 5.41 Å². The van der Waals surface area contributed by atoms with Gasteiger partial charge in [-0.15, -0.1) is 0 Å². The molecule has 1 amide bonds. The lowest BCUT2D eigenvalue weighted by molar-refractivity contribution is -0.157. The number of piperidine rings is 1. The molecule has 0 aliphatic carbocycles. The van der Waals surface area contributed by atoms with Gasteiger partial charge in [0.15, 0.2) is 0 Å². The maximum atomic E-state index is 11.9. The van der Waals surface area contributed by atoms with Crippen LogP contribution in [-0.2, 0) is 14.3 Å². The molecule has 0 N–H and O–H groups in total. The molecular formula is C14H25NO4. The summed E-state index contributed by atoms with van der Waals surface area (Å²) in [7, 11) is 0. The smallest absolute Gasteiger partial charge is 0.409 e. The Balaban J connectivity index is 2.39. The molecule has 0 aromatic carbocycles. The van der Waals surface area contributed by atoms with Crippen molar-refractivity contribution in [3.05, 3.63) is 0 Å². The molecule has 0 unspecified atom stereocenters. The van der Waals surface area contributed by atoms with Gasteiger partial charge in [0.2, 0.25) is 0 Å². The van der Waals surface area contributed by atoms with E-state index in [-0.39, 0.29) is 12.1 Å². The lowest BCUT2D eigenvalue weighted by Gasteiger charge is -2.36. The highest BCUT2D eigenvalue weighted by Crippen LogP contribution is 2.32. The first-order chi connectivity index (χ1) is 9.03. The van der Waals surface area contributed by atoms with Crippen LogP contribution < -0.4 is 0 Å². The predicted octanol–water partition coefficient (Wildman–Crippen LogP) is 2.59. The third-order valence-electron chi connectivity index (χ3n) is 3.62. The van der Waals surface area contributed by atoms with Crippen LogP contribution in [0, 0.1) is 5.41 Å². The Morgan fingerprint density at radius 3 is 2.32 bits per heavy atom. The van der Waals surface area contributed by atoms with E-state index in [0.29, 0.717) is 39.1 Å². The molecule has 1 saturated heterocycles. The Bertz CT molecular complexity index is 309. The van der Waals surface area contributed by atoms with Crippen molar-refractivity contribution < 1.29 is 19.1 Å². The summed E-state index contributed by atoms with van der Waals surface area (Å²) in [6, 6.07) is 0. The molecule has 0 aromatic rings. The third-order valence-corrected chi connectivity index (χ3v) is 3.62. The van der Waals surface area contributed by atoms with Crippen molar-refractivity contribution in [3.8, 4) is 0 Å². The number of nitrogens with zero attached hydrogens (tertiary/aromatic N) is 1. The maximum Gasteiger partial charge on any atom is 0.409 e. The minimum Gasteiger partial charge on any atom is -0.466 e. The lowest BCUT2D eigenvalue weighted by Crippen LogP contribution is -2.46. The summed E-state index contributed by atoms with van der Waals surface area (Å²) in [5, 5.41) is 0. The highest BCUT2D eigenvalue weighted by molar-refractivity contribution is 5.77. The fourth-order valence-corrected chi connectivity index (χ4v) is 2.09. The van der Waals surface area contributed by atoms with Gasteiger partial charge in [0, 0.05) is 13.1 Å². The average Bonchev–Trinajstić information content (AvgIpc) is 2.40. The number of carbonyl (C=O) groups is 2. The van der Waals surface area contributed by atoms with Gasteiger partial charge in [0.05, 0.1) is 18.6 Å². The monoisotopic (exact) mass is 271 g/mol. The van der Waals surface area contributed by atoms with Gasteiger partial charge >= 0.3 is 12.1 Å². The van der Waals surface area contributed by atoms with E-state index >= 15 is 0 Å². The van der Waals surface area contributed by atoms with Crippen molar-refractivity contribution in [3.63, 3.8) is 0 Å². The first-order valence-electron chi connectivity index (χ1n) is 7.12. The van der Waals surface area contributed by atoms with Crippen molar-refractivity contribution in [1.82, 2.24) is 4.90 Å². The van der Waals surface area contributed by atoms with E-state index in [2.05, 4.69) is 6.92 Å². The minimum atomic E-state index is -0.462. The second-order valence-corrected chi connectivity index (χ2v) is 5.24. The number of carbonyl (C=O) groups excluding carboxylic acids is 2.